The molecule has 2 rings (SSSR count). The number of thioether (sulfide) groups is 1. The fourth-order valence-corrected chi connectivity index (χ4v) is 3.05. The van der Waals surface area contributed by atoms with Gasteiger partial charge in [0.1, 0.15) is 5.75 Å². The van der Waals surface area contributed by atoms with Crippen molar-refractivity contribution in [2.75, 3.05) is 5.75 Å². The predicted octanol–water partition coefficient (Wildman–Crippen LogP) is 2.51. The minimum atomic E-state index is 0.164. The van der Waals surface area contributed by atoms with Gasteiger partial charge in [0.25, 0.3) is 0 Å². The first-order valence-electron chi connectivity index (χ1n) is 4.76. The van der Waals surface area contributed by atoms with Gasteiger partial charge in [-0.2, -0.15) is 0 Å². The Hall–Kier alpha value is -0.670. The zero-order valence-electron chi connectivity index (χ0n) is 8.45. The number of aromatic hydroxyl groups is 1. The van der Waals surface area contributed by atoms with Crippen molar-refractivity contribution in [1.29, 1.82) is 0 Å². The summed E-state index contributed by atoms with van der Waals surface area (Å²) in [4.78, 5) is 0. The van der Waals surface area contributed by atoms with Crippen LogP contribution in [-0.4, -0.2) is 16.4 Å². The van der Waals surface area contributed by atoms with E-state index in [0.717, 1.165) is 11.3 Å². The van der Waals surface area contributed by atoms with E-state index in [1.54, 1.807) is 6.07 Å². The molecule has 0 saturated carbocycles. The molecule has 0 aromatic heterocycles. The Balaban J connectivity index is 2.22. The van der Waals surface area contributed by atoms with Gasteiger partial charge in [-0.3, -0.25) is 5.32 Å². The Kier molecular flexibility index (Phi) is 2.45. The molecule has 1 aromatic rings. The molecule has 14 heavy (non-hydrogen) atoms. The fraction of sp³-hybridized carbons (Fsp3) is 0.455. The van der Waals surface area contributed by atoms with Crippen LogP contribution in [0.25, 0.3) is 0 Å². The van der Waals surface area contributed by atoms with Crippen LogP contribution in [0.3, 0.4) is 0 Å². The minimum absolute atomic E-state index is 0.164. The minimum Gasteiger partial charge on any atom is -0.508 e. The zero-order chi connectivity index (χ0) is 10.2. The highest BCUT2D eigenvalue weighted by molar-refractivity contribution is 7.99. The topological polar surface area (TPSA) is 32.3 Å². The van der Waals surface area contributed by atoms with Crippen molar-refractivity contribution in [2.45, 2.75) is 24.8 Å². The molecule has 76 valence electrons. The van der Waals surface area contributed by atoms with Gasteiger partial charge in [-0.05, 0) is 19.9 Å². The number of hydrogen-bond acceptors (Lipinski definition) is 3. The Morgan fingerprint density at radius 2 is 2.14 bits per heavy atom. The highest BCUT2D eigenvalue weighted by Crippen LogP contribution is 2.40. The van der Waals surface area contributed by atoms with Crippen molar-refractivity contribution in [3.8, 4) is 5.75 Å². The highest BCUT2D eigenvalue weighted by atomic mass is 32.2. The summed E-state index contributed by atoms with van der Waals surface area (Å²) in [5, 5.41) is 13.4. The van der Waals surface area contributed by atoms with E-state index in [0.29, 0.717) is 5.75 Å². The molecule has 0 spiro atoms. The zero-order valence-corrected chi connectivity index (χ0v) is 9.27. The molecule has 0 amide bonds. The molecule has 0 bridgehead atoms. The van der Waals surface area contributed by atoms with Crippen LogP contribution in [0.15, 0.2) is 24.3 Å². The van der Waals surface area contributed by atoms with E-state index >= 15 is 0 Å². The average Bonchev–Trinajstić information content (AvgIpc) is 2.47. The summed E-state index contributed by atoms with van der Waals surface area (Å²) < 4.78 is 0. The van der Waals surface area contributed by atoms with Crippen LogP contribution in [0.5, 0.6) is 5.75 Å². The number of hydrogen-bond donors (Lipinski definition) is 2. The van der Waals surface area contributed by atoms with E-state index < -0.39 is 0 Å². The second-order valence-electron chi connectivity index (χ2n) is 4.28. The van der Waals surface area contributed by atoms with E-state index in [-0.39, 0.29) is 10.9 Å². The first-order chi connectivity index (χ1) is 6.58. The van der Waals surface area contributed by atoms with Gasteiger partial charge in [0, 0.05) is 16.9 Å². The molecule has 0 radical (unpaired) electrons. The summed E-state index contributed by atoms with van der Waals surface area (Å²) in [6.07, 6.45) is 0. The van der Waals surface area contributed by atoms with Crippen molar-refractivity contribution in [1.82, 2.24) is 5.32 Å². The maximum Gasteiger partial charge on any atom is 0.121 e. The van der Waals surface area contributed by atoms with Crippen LogP contribution in [0.2, 0.25) is 0 Å². The summed E-state index contributed by atoms with van der Waals surface area (Å²) in [6.45, 7) is 4.36. The van der Waals surface area contributed by atoms with Crippen LogP contribution in [-0.2, 0) is 0 Å². The number of phenols is 1. The second kappa shape index (κ2) is 3.48. The van der Waals surface area contributed by atoms with Gasteiger partial charge in [-0.25, -0.2) is 0 Å². The van der Waals surface area contributed by atoms with Crippen LogP contribution < -0.4 is 5.32 Å². The number of nitrogens with one attached hydrogen (secondary N) is 1. The summed E-state index contributed by atoms with van der Waals surface area (Å²) in [5.74, 6) is 1.46. The molecule has 3 heteroatoms. The van der Waals surface area contributed by atoms with Gasteiger partial charge in [0.05, 0.1) is 5.37 Å². The number of rotatable bonds is 1. The Labute approximate surface area is 88.7 Å². The third kappa shape index (κ3) is 1.88. The number of phenolic OH excluding ortho intramolecular Hbond substituents is 1. The SMILES string of the molecule is CC1(C)CSC(c2ccccc2O)N1. The molecular formula is C11H15NOS. The van der Waals surface area contributed by atoms with E-state index in [9.17, 15) is 5.11 Å². The van der Waals surface area contributed by atoms with Crippen LogP contribution in [0.1, 0.15) is 24.8 Å². The lowest BCUT2D eigenvalue weighted by atomic mass is 10.1. The Bertz CT molecular complexity index is 338. The van der Waals surface area contributed by atoms with Crippen molar-refractivity contribution in [2.24, 2.45) is 0 Å². The smallest absolute Gasteiger partial charge is 0.121 e. The summed E-state index contributed by atoms with van der Waals surface area (Å²) in [7, 11) is 0. The molecule has 1 unspecified atom stereocenters. The third-order valence-electron chi connectivity index (χ3n) is 2.35. The quantitative estimate of drug-likeness (QED) is 0.745. The predicted molar refractivity (Wildman–Crippen MR) is 60.5 cm³/mol. The third-order valence-corrected chi connectivity index (χ3v) is 3.95. The fourth-order valence-electron chi connectivity index (χ4n) is 1.61. The number of para-hydroxylation sites is 1. The van der Waals surface area contributed by atoms with E-state index in [1.807, 2.05) is 30.0 Å². The second-order valence-corrected chi connectivity index (χ2v) is 5.37. The van der Waals surface area contributed by atoms with Gasteiger partial charge in [0.2, 0.25) is 0 Å². The van der Waals surface area contributed by atoms with Crippen molar-refractivity contribution >= 4 is 11.8 Å². The van der Waals surface area contributed by atoms with Crippen molar-refractivity contribution in [3.63, 3.8) is 0 Å². The molecule has 2 nitrogen and oxygen atoms in total. The largest absolute Gasteiger partial charge is 0.508 e. The highest BCUT2D eigenvalue weighted by Gasteiger charge is 2.32. The molecule has 2 N–H and O–H groups in total. The lowest BCUT2D eigenvalue weighted by Gasteiger charge is -2.19. The van der Waals surface area contributed by atoms with Crippen molar-refractivity contribution in [3.05, 3.63) is 29.8 Å². The van der Waals surface area contributed by atoms with Gasteiger partial charge in [-0.1, -0.05) is 18.2 Å². The molecule has 1 heterocycles. The molecule has 1 aliphatic heterocycles. The van der Waals surface area contributed by atoms with E-state index in [4.69, 9.17) is 0 Å². The Morgan fingerprint density at radius 1 is 1.43 bits per heavy atom. The van der Waals surface area contributed by atoms with E-state index in [1.165, 1.54) is 0 Å². The molecule has 1 aliphatic rings. The van der Waals surface area contributed by atoms with Crippen LogP contribution >= 0.6 is 11.8 Å². The lowest BCUT2D eigenvalue weighted by molar-refractivity contribution is 0.432. The van der Waals surface area contributed by atoms with Crippen LogP contribution in [0, 0.1) is 0 Å². The lowest BCUT2D eigenvalue weighted by Crippen LogP contribution is -2.35. The molecule has 1 saturated heterocycles. The molecule has 1 atom stereocenters. The summed E-state index contributed by atoms with van der Waals surface area (Å²) in [5.41, 5.74) is 1.15. The molecular weight excluding hydrogens is 194 g/mol. The maximum atomic E-state index is 9.69. The standard InChI is InChI=1S/C11H15NOS/c1-11(2)7-14-10(12-11)8-5-3-4-6-9(8)13/h3-6,10,12-13H,7H2,1-2H3. The van der Waals surface area contributed by atoms with Gasteiger partial charge < -0.3 is 5.11 Å². The molecule has 1 aromatic carbocycles. The van der Waals surface area contributed by atoms with Gasteiger partial charge in [0.15, 0.2) is 0 Å². The normalized spacial score (nSPS) is 25.1. The molecule has 0 aliphatic carbocycles. The number of benzene rings is 1. The van der Waals surface area contributed by atoms with E-state index in [2.05, 4.69) is 19.2 Å². The molecule has 1 fully saturated rings. The first kappa shape index (κ1) is 9.87. The van der Waals surface area contributed by atoms with Crippen LogP contribution in [0.4, 0.5) is 0 Å². The van der Waals surface area contributed by atoms with Gasteiger partial charge >= 0.3 is 0 Å². The van der Waals surface area contributed by atoms with Gasteiger partial charge in [-0.15, -0.1) is 11.8 Å². The summed E-state index contributed by atoms with van der Waals surface area (Å²) in [6, 6.07) is 7.52. The Morgan fingerprint density at radius 3 is 2.71 bits per heavy atom. The maximum absolute atomic E-state index is 9.69. The monoisotopic (exact) mass is 209 g/mol. The summed E-state index contributed by atoms with van der Waals surface area (Å²) >= 11 is 1.85. The average molecular weight is 209 g/mol. The van der Waals surface area contributed by atoms with Crippen molar-refractivity contribution < 1.29 is 5.11 Å². The first-order valence-corrected chi connectivity index (χ1v) is 5.80.